The van der Waals surface area contributed by atoms with E-state index in [-0.39, 0.29) is 5.82 Å². The maximum Gasteiger partial charge on any atom is 0.372 e. The number of nitrogens with zero attached hydrogens (tertiary/aromatic N) is 2. The first-order chi connectivity index (χ1) is 7.00. The summed E-state index contributed by atoms with van der Waals surface area (Å²) in [6.07, 6.45) is 0. The number of aromatic nitrogens is 2. The van der Waals surface area contributed by atoms with Crippen molar-refractivity contribution in [3.63, 3.8) is 0 Å². The van der Waals surface area contributed by atoms with Crippen molar-refractivity contribution >= 4 is 28.6 Å². The minimum atomic E-state index is -1.04. The summed E-state index contributed by atoms with van der Waals surface area (Å²) in [6, 6.07) is 3.45. The van der Waals surface area contributed by atoms with E-state index in [4.69, 9.17) is 16.7 Å². The Balaban J connectivity index is 2.88. The quantitative estimate of drug-likeness (QED) is 0.808. The number of carboxylic acid groups (broad SMARTS) is 1. The molecule has 0 unspecified atom stereocenters. The highest BCUT2D eigenvalue weighted by atomic mass is 35.5. The third-order valence-corrected chi connectivity index (χ3v) is 2.53. The Morgan fingerprint density at radius 3 is 2.80 bits per heavy atom. The summed E-state index contributed by atoms with van der Waals surface area (Å²) in [5, 5.41) is 9.48. The van der Waals surface area contributed by atoms with E-state index in [0.29, 0.717) is 10.5 Å². The lowest BCUT2D eigenvalue weighted by Gasteiger charge is -2.00. The Morgan fingerprint density at radius 2 is 2.20 bits per heavy atom. The summed E-state index contributed by atoms with van der Waals surface area (Å²) in [7, 11) is 1.68. The molecule has 0 amide bonds. The maximum absolute atomic E-state index is 10.9. The number of halogens is 1. The summed E-state index contributed by atoms with van der Waals surface area (Å²) >= 11 is 5.87. The van der Waals surface area contributed by atoms with Crippen LogP contribution in [-0.2, 0) is 7.05 Å². The van der Waals surface area contributed by atoms with Gasteiger partial charge < -0.3 is 9.67 Å². The van der Waals surface area contributed by atoms with E-state index < -0.39 is 5.97 Å². The van der Waals surface area contributed by atoms with Gasteiger partial charge in [-0.1, -0.05) is 11.6 Å². The molecule has 1 aromatic heterocycles. The van der Waals surface area contributed by atoms with Gasteiger partial charge in [0.2, 0.25) is 5.82 Å². The predicted octanol–water partition coefficient (Wildman–Crippen LogP) is 2.23. The minimum absolute atomic E-state index is 0.0235. The lowest BCUT2D eigenvalue weighted by molar-refractivity contribution is 0.0680. The summed E-state index contributed by atoms with van der Waals surface area (Å²) < 4.78 is 1.56. The van der Waals surface area contributed by atoms with Gasteiger partial charge in [-0.2, -0.15) is 0 Å². The number of carboxylic acids is 1. The van der Waals surface area contributed by atoms with Crippen LogP contribution in [0.4, 0.5) is 0 Å². The van der Waals surface area contributed by atoms with E-state index in [9.17, 15) is 4.79 Å². The molecule has 2 rings (SSSR count). The fraction of sp³-hybridized carbons (Fsp3) is 0.200. The van der Waals surface area contributed by atoms with E-state index in [1.54, 1.807) is 23.7 Å². The van der Waals surface area contributed by atoms with E-state index in [1.807, 2.05) is 6.92 Å². The minimum Gasteiger partial charge on any atom is -0.475 e. The second-order valence-corrected chi connectivity index (χ2v) is 3.83. The molecule has 1 aromatic carbocycles. The Morgan fingerprint density at radius 1 is 1.53 bits per heavy atom. The van der Waals surface area contributed by atoms with Crippen LogP contribution in [0.15, 0.2) is 12.1 Å². The zero-order valence-electron chi connectivity index (χ0n) is 8.28. The average Bonchev–Trinajstić information content (AvgIpc) is 2.42. The number of aryl methyl sites for hydroxylation is 2. The van der Waals surface area contributed by atoms with Crippen molar-refractivity contribution in [2.45, 2.75) is 6.92 Å². The molecule has 0 bridgehead atoms. The van der Waals surface area contributed by atoms with Crippen LogP contribution in [0.2, 0.25) is 5.02 Å². The highest BCUT2D eigenvalue weighted by Crippen LogP contribution is 2.23. The lowest BCUT2D eigenvalue weighted by atomic mass is 10.2. The van der Waals surface area contributed by atoms with Gasteiger partial charge in [-0.3, -0.25) is 0 Å². The number of benzene rings is 1. The standard InChI is InChI=1S/C10H9ClN2O2/c1-5-3-6(11)4-7-8(5)13(2)9(12-7)10(14)15/h3-4H,1-2H3,(H,14,15). The van der Waals surface area contributed by atoms with Crippen molar-refractivity contribution in [2.24, 2.45) is 7.05 Å². The summed E-state index contributed by atoms with van der Waals surface area (Å²) in [5.74, 6) is -1.01. The highest BCUT2D eigenvalue weighted by molar-refractivity contribution is 6.31. The molecule has 0 fully saturated rings. The number of hydrogen-bond donors (Lipinski definition) is 1. The number of rotatable bonds is 1. The molecular weight excluding hydrogens is 216 g/mol. The van der Waals surface area contributed by atoms with Crippen LogP contribution in [0.25, 0.3) is 11.0 Å². The second kappa shape index (κ2) is 3.24. The number of imidazole rings is 1. The van der Waals surface area contributed by atoms with Crippen molar-refractivity contribution in [3.05, 3.63) is 28.5 Å². The molecule has 0 aliphatic rings. The van der Waals surface area contributed by atoms with Gasteiger partial charge in [0.05, 0.1) is 11.0 Å². The Kier molecular flexibility index (Phi) is 2.16. The Bertz CT molecular complexity index is 560. The summed E-state index contributed by atoms with van der Waals surface area (Å²) in [5.41, 5.74) is 2.33. The zero-order valence-corrected chi connectivity index (χ0v) is 9.04. The number of fused-ring (bicyclic) bond motifs is 1. The van der Waals surface area contributed by atoms with Crippen LogP contribution >= 0.6 is 11.6 Å². The first-order valence-electron chi connectivity index (χ1n) is 4.36. The molecule has 0 saturated carbocycles. The molecule has 0 saturated heterocycles. The monoisotopic (exact) mass is 224 g/mol. The van der Waals surface area contributed by atoms with E-state index >= 15 is 0 Å². The van der Waals surface area contributed by atoms with Gasteiger partial charge in [-0.15, -0.1) is 0 Å². The first-order valence-corrected chi connectivity index (χ1v) is 4.74. The normalized spacial score (nSPS) is 10.9. The van der Waals surface area contributed by atoms with Crippen LogP contribution in [0, 0.1) is 6.92 Å². The Labute approximate surface area is 91.1 Å². The van der Waals surface area contributed by atoms with Crippen molar-refractivity contribution in [1.29, 1.82) is 0 Å². The highest BCUT2D eigenvalue weighted by Gasteiger charge is 2.15. The van der Waals surface area contributed by atoms with Crippen molar-refractivity contribution in [3.8, 4) is 0 Å². The molecular formula is C10H9ClN2O2. The van der Waals surface area contributed by atoms with Gasteiger partial charge in [-0.05, 0) is 24.6 Å². The van der Waals surface area contributed by atoms with Crippen LogP contribution in [0.5, 0.6) is 0 Å². The molecule has 0 radical (unpaired) electrons. The van der Waals surface area contributed by atoms with E-state index in [2.05, 4.69) is 4.98 Å². The van der Waals surface area contributed by atoms with E-state index in [0.717, 1.165) is 11.1 Å². The third-order valence-electron chi connectivity index (χ3n) is 2.32. The Hall–Kier alpha value is -1.55. The number of aromatic carboxylic acids is 1. The van der Waals surface area contributed by atoms with Gasteiger partial charge in [0.1, 0.15) is 0 Å². The lowest BCUT2D eigenvalue weighted by Crippen LogP contribution is -2.05. The molecule has 1 N–H and O–H groups in total. The molecule has 2 aromatic rings. The van der Waals surface area contributed by atoms with Gasteiger partial charge >= 0.3 is 5.97 Å². The van der Waals surface area contributed by atoms with Crippen LogP contribution in [0.1, 0.15) is 16.2 Å². The van der Waals surface area contributed by atoms with Gasteiger partial charge in [0.15, 0.2) is 0 Å². The zero-order chi connectivity index (χ0) is 11.2. The molecule has 15 heavy (non-hydrogen) atoms. The van der Waals surface area contributed by atoms with Crippen LogP contribution in [0.3, 0.4) is 0 Å². The molecule has 5 heteroatoms. The summed E-state index contributed by atoms with van der Waals surface area (Å²) in [6.45, 7) is 1.88. The molecule has 78 valence electrons. The average molecular weight is 225 g/mol. The van der Waals surface area contributed by atoms with Crippen molar-refractivity contribution in [1.82, 2.24) is 9.55 Å². The fourth-order valence-electron chi connectivity index (χ4n) is 1.73. The topological polar surface area (TPSA) is 55.1 Å². The molecule has 4 nitrogen and oxygen atoms in total. The van der Waals surface area contributed by atoms with Gasteiger partial charge in [0, 0.05) is 12.1 Å². The summed E-state index contributed by atoms with van der Waals surface area (Å²) in [4.78, 5) is 14.9. The van der Waals surface area contributed by atoms with Crippen molar-refractivity contribution in [2.75, 3.05) is 0 Å². The van der Waals surface area contributed by atoms with Gasteiger partial charge in [-0.25, -0.2) is 9.78 Å². The van der Waals surface area contributed by atoms with Crippen molar-refractivity contribution < 1.29 is 9.90 Å². The van der Waals surface area contributed by atoms with Gasteiger partial charge in [0.25, 0.3) is 0 Å². The SMILES string of the molecule is Cc1cc(Cl)cc2nc(C(=O)O)n(C)c12. The van der Waals surface area contributed by atoms with Crippen LogP contribution in [-0.4, -0.2) is 20.6 Å². The smallest absolute Gasteiger partial charge is 0.372 e. The second-order valence-electron chi connectivity index (χ2n) is 3.39. The van der Waals surface area contributed by atoms with Crippen LogP contribution < -0.4 is 0 Å². The number of hydrogen-bond acceptors (Lipinski definition) is 2. The van der Waals surface area contributed by atoms with E-state index in [1.165, 1.54) is 0 Å². The predicted molar refractivity (Wildman–Crippen MR) is 57.4 cm³/mol. The third kappa shape index (κ3) is 1.47. The largest absolute Gasteiger partial charge is 0.475 e. The molecule has 0 aliphatic carbocycles. The molecule has 0 spiro atoms. The number of carbonyl (C=O) groups is 1. The maximum atomic E-state index is 10.9. The first kappa shape index (κ1) is 9.98. The fourth-order valence-corrected chi connectivity index (χ4v) is 1.99. The molecule has 1 heterocycles. The molecule has 0 atom stereocenters. The molecule has 0 aliphatic heterocycles.